The van der Waals surface area contributed by atoms with E-state index in [1.54, 1.807) is 0 Å². The first-order chi connectivity index (χ1) is 9.60. The van der Waals surface area contributed by atoms with Gasteiger partial charge >= 0.3 is 12.0 Å². The van der Waals surface area contributed by atoms with Gasteiger partial charge < -0.3 is 20.5 Å². The third-order valence-corrected chi connectivity index (χ3v) is 3.29. The molecular formula is C14H18N2O4. The van der Waals surface area contributed by atoms with Crippen LogP contribution in [0.3, 0.4) is 0 Å². The Morgan fingerprint density at radius 1 is 1.35 bits per heavy atom. The Bertz CT molecular complexity index is 516. The number of methoxy groups -OCH3 is 1. The number of carbonyl (C=O) groups is 2. The number of rotatable bonds is 5. The predicted molar refractivity (Wildman–Crippen MR) is 73.9 cm³/mol. The summed E-state index contributed by atoms with van der Waals surface area (Å²) in [6.45, 7) is -0.0764. The van der Waals surface area contributed by atoms with Crippen molar-refractivity contribution < 1.29 is 19.4 Å². The molecule has 3 N–H and O–H groups in total. The number of ether oxygens (including phenoxy) is 1. The predicted octanol–water partition coefficient (Wildman–Crippen LogP) is 1.40. The highest BCUT2D eigenvalue weighted by atomic mass is 16.5. The maximum atomic E-state index is 11.8. The van der Waals surface area contributed by atoms with Gasteiger partial charge in [-0.3, -0.25) is 0 Å². The molecule has 1 aliphatic rings. The molecule has 0 radical (unpaired) electrons. The number of carboxylic acid groups (broad SMARTS) is 1. The third-order valence-electron chi connectivity index (χ3n) is 3.29. The molecule has 0 spiro atoms. The van der Waals surface area contributed by atoms with Gasteiger partial charge in [0.15, 0.2) is 6.04 Å². The Morgan fingerprint density at radius 3 is 2.80 bits per heavy atom. The number of anilines is 1. The Morgan fingerprint density at radius 2 is 2.10 bits per heavy atom. The molecule has 1 aromatic rings. The summed E-state index contributed by atoms with van der Waals surface area (Å²) in [5.41, 5.74) is 3.23. The van der Waals surface area contributed by atoms with Gasteiger partial charge in [-0.1, -0.05) is 6.07 Å². The van der Waals surface area contributed by atoms with Crippen LogP contribution in [0.4, 0.5) is 10.5 Å². The smallest absolute Gasteiger partial charge is 0.328 e. The number of amides is 2. The average molecular weight is 278 g/mol. The average Bonchev–Trinajstić information content (AvgIpc) is 2.85. The monoisotopic (exact) mass is 278 g/mol. The summed E-state index contributed by atoms with van der Waals surface area (Å²) >= 11 is 0. The highest BCUT2D eigenvalue weighted by molar-refractivity contribution is 5.92. The molecule has 1 unspecified atom stereocenters. The second-order valence-corrected chi connectivity index (χ2v) is 4.78. The van der Waals surface area contributed by atoms with Gasteiger partial charge in [-0.05, 0) is 42.5 Å². The molecule has 0 fully saturated rings. The zero-order valence-corrected chi connectivity index (χ0v) is 11.3. The maximum absolute atomic E-state index is 11.8. The summed E-state index contributed by atoms with van der Waals surface area (Å²) in [6.07, 6.45) is 3.24. The molecular weight excluding hydrogens is 260 g/mol. The topological polar surface area (TPSA) is 87.7 Å². The minimum absolute atomic E-state index is 0.0764. The molecule has 0 saturated carbocycles. The summed E-state index contributed by atoms with van der Waals surface area (Å²) in [7, 11) is 1.38. The van der Waals surface area contributed by atoms with E-state index in [1.165, 1.54) is 18.2 Å². The first kappa shape index (κ1) is 14.3. The van der Waals surface area contributed by atoms with Gasteiger partial charge in [0.1, 0.15) is 0 Å². The van der Waals surface area contributed by atoms with Gasteiger partial charge in [-0.2, -0.15) is 0 Å². The molecule has 0 saturated heterocycles. The van der Waals surface area contributed by atoms with Crippen LogP contribution in [-0.4, -0.2) is 36.9 Å². The minimum atomic E-state index is -1.13. The van der Waals surface area contributed by atoms with E-state index < -0.39 is 18.0 Å². The van der Waals surface area contributed by atoms with E-state index in [9.17, 15) is 9.59 Å². The number of urea groups is 1. The lowest BCUT2D eigenvalue weighted by Gasteiger charge is -2.14. The van der Waals surface area contributed by atoms with Crippen molar-refractivity contribution in [2.75, 3.05) is 19.0 Å². The van der Waals surface area contributed by atoms with Crippen molar-refractivity contribution in [2.24, 2.45) is 0 Å². The second kappa shape index (κ2) is 6.38. The zero-order chi connectivity index (χ0) is 14.5. The molecule has 6 heteroatoms. The van der Waals surface area contributed by atoms with Crippen molar-refractivity contribution in [3.8, 4) is 0 Å². The van der Waals surface area contributed by atoms with E-state index in [-0.39, 0.29) is 6.61 Å². The van der Waals surface area contributed by atoms with Crippen LogP contribution < -0.4 is 10.6 Å². The van der Waals surface area contributed by atoms with Gasteiger partial charge in [-0.25, -0.2) is 9.59 Å². The van der Waals surface area contributed by atoms with Crippen LogP contribution in [0, 0.1) is 0 Å². The van der Waals surface area contributed by atoms with Crippen molar-refractivity contribution in [3.63, 3.8) is 0 Å². The number of hydrogen-bond acceptors (Lipinski definition) is 3. The number of fused-ring (bicyclic) bond motifs is 1. The standard InChI is InChI=1S/C14H18N2O4/c1-20-8-12(13(17)18)16-14(19)15-11-6-5-9-3-2-4-10(9)7-11/h5-7,12H,2-4,8H2,1H3,(H,17,18)(H2,15,16,19). The summed E-state index contributed by atoms with van der Waals surface area (Å²) in [5, 5.41) is 13.9. The van der Waals surface area contributed by atoms with E-state index in [0.717, 1.165) is 19.3 Å². The van der Waals surface area contributed by atoms with Crippen molar-refractivity contribution in [1.82, 2.24) is 5.32 Å². The largest absolute Gasteiger partial charge is 0.480 e. The molecule has 0 bridgehead atoms. The Balaban J connectivity index is 1.95. The number of aryl methyl sites for hydroxylation is 2. The number of carbonyl (C=O) groups excluding carboxylic acids is 1. The first-order valence-corrected chi connectivity index (χ1v) is 6.51. The lowest BCUT2D eigenvalue weighted by molar-refractivity contribution is -0.140. The minimum Gasteiger partial charge on any atom is -0.480 e. The number of hydrogen-bond donors (Lipinski definition) is 3. The van der Waals surface area contributed by atoms with E-state index >= 15 is 0 Å². The molecule has 0 heterocycles. The highest BCUT2D eigenvalue weighted by Gasteiger charge is 2.20. The van der Waals surface area contributed by atoms with Crippen LogP contribution in [0.25, 0.3) is 0 Å². The van der Waals surface area contributed by atoms with Crippen LogP contribution in [0.2, 0.25) is 0 Å². The molecule has 2 rings (SSSR count). The number of aliphatic carboxylic acids is 1. The van der Waals surface area contributed by atoms with Crippen molar-refractivity contribution in [1.29, 1.82) is 0 Å². The second-order valence-electron chi connectivity index (χ2n) is 4.78. The summed E-state index contributed by atoms with van der Waals surface area (Å²) in [5.74, 6) is -1.13. The lowest BCUT2D eigenvalue weighted by atomic mass is 10.1. The molecule has 6 nitrogen and oxygen atoms in total. The van der Waals surface area contributed by atoms with Gasteiger partial charge in [0.05, 0.1) is 6.61 Å². The molecule has 20 heavy (non-hydrogen) atoms. The SMILES string of the molecule is COCC(NC(=O)Nc1ccc2c(c1)CCC2)C(=O)O. The Kier molecular flexibility index (Phi) is 4.57. The van der Waals surface area contributed by atoms with Gasteiger partial charge in [0.25, 0.3) is 0 Å². The van der Waals surface area contributed by atoms with E-state index in [2.05, 4.69) is 10.6 Å². The molecule has 1 aliphatic carbocycles. The Hall–Kier alpha value is -2.08. The fourth-order valence-electron chi connectivity index (χ4n) is 2.32. The van der Waals surface area contributed by atoms with E-state index in [4.69, 9.17) is 9.84 Å². The normalized spacial score (nSPS) is 14.4. The summed E-state index contributed by atoms with van der Waals surface area (Å²) in [4.78, 5) is 22.7. The summed E-state index contributed by atoms with van der Waals surface area (Å²) in [6, 6.07) is 4.16. The highest BCUT2D eigenvalue weighted by Crippen LogP contribution is 2.24. The quantitative estimate of drug-likeness (QED) is 0.759. The fourth-order valence-corrected chi connectivity index (χ4v) is 2.32. The van der Waals surface area contributed by atoms with E-state index in [1.807, 2.05) is 18.2 Å². The van der Waals surface area contributed by atoms with Crippen LogP contribution >= 0.6 is 0 Å². The Labute approximate surface area is 117 Å². The van der Waals surface area contributed by atoms with Crippen molar-refractivity contribution >= 4 is 17.7 Å². The number of nitrogens with one attached hydrogen (secondary N) is 2. The first-order valence-electron chi connectivity index (χ1n) is 6.51. The molecule has 0 aliphatic heterocycles. The fraction of sp³-hybridized carbons (Fsp3) is 0.429. The van der Waals surface area contributed by atoms with Crippen LogP contribution in [0.15, 0.2) is 18.2 Å². The van der Waals surface area contributed by atoms with Crippen LogP contribution in [0.1, 0.15) is 17.5 Å². The van der Waals surface area contributed by atoms with Crippen molar-refractivity contribution in [2.45, 2.75) is 25.3 Å². The molecule has 1 aromatic carbocycles. The summed E-state index contributed by atoms with van der Waals surface area (Å²) < 4.78 is 4.75. The lowest BCUT2D eigenvalue weighted by Crippen LogP contribution is -2.45. The molecule has 1 atom stereocenters. The van der Waals surface area contributed by atoms with Crippen LogP contribution in [0.5, 0.6) is 0 Å². The molecule has 2 amide bonds. The van der Waals surface area contributed by atoms with Crippen molar-refractivity contribution in [3.05, 3.63) is 29.3 Å². The number of carboxylic acids is 1. The van der Waals surface area contributed by atoms with Gasteiger partial charge in [0.2, 0.25) is 0 Å². The van der Waals surface area contributed by atoms with Gasteiger partial charge in [0, 0.05) is 12.8 Å². The molecule has 108 valence electrons. The third kappa shape index (κ3) is 3.48. The van der Waals surface area contributed by atoms with Crippen LogP contribution in [-0.2, 0) is 22.4 Å². The molecule has 0 aromatic heterocycles. The number of benzene rings is 1. The van der Waals surface area contributed by atoms with Gasteiger partial charge in [-0.15, -0.1) is 0 Å². The maximum Gasteiger partial charge on any atom is 0.328 e. The zero-order valence-electron chi connectivity index (χ0n) is 11.3. The van der Waals surface area contributed by atoms with E-state index in [0.29, 0.717) is 5.69 Å².